The molecule has 0 bridgehead atoms. The van der Waals surface area contributed by atoms with E-state index < -0.39 is 10.0 Å². The van der Waals surface area contributed by atoms with Crippen molar-refractivity contribution in [2.45, 2.75) is 11.4 Å². The Labute approximate surface area is 116 Å². The molecule has 1 aromatic heterocycles. The van der Waals surface area contributed by atoms with Crippen molar-refractivity contribution in [3.8, 4) is 0 Å². The van der Waals surface area contributed by atoms with Crippen molar-refractivity contribution in [3.05, 3.63) is 41.0 Å². The Bertz CT molecular complexity index is 684. The number of nitrogens with one attached hydrogen (secondary N) is 1. The minimum absolute atomic E-state index is 0.0195. The van der Waals surface area contributed by atoms with Gasteiger partial charge < -0.3 is 5.73 Å². The fraction of sp³-hybridized carbons (Fsp3) is 0.182. The van der Waals surface area contributed by atoms with Crippen molar-refractivity contribution in [2.24, 2.45) is 0 Å². The lowest BCUT2D eigenvalue weighted by Crippen LogP contribution is -2.27. The lowest BCUT2D eigenvalue weighted by atomic mass is 10.2. The number of halogens is 1. The maximum Gasteiger partial charge on any atom is 0.248 e. The molecule has 2 aromatic rings. The maximum atomic E-state index is 12.3. The topological polar surface area (TPSA) is 92.1 Å². The Morgan fingerprint density at radius 3 is 2.68 bits per heavy atom. The van der Waals surface area contributed by atoms with Gasteiger partial charge in [-0.1, -0.05) is 29.8 Å². The van der Waals surface area contributed by atoms with Gasteiger partial charge in [-0.15, -0.1) is 0 Å². The van der Waals surface area contributed by atoms with E-state index in [2.05, 4.69) is 10.2 Å². The molecule has 0 aliphatic rings. The number of hydrogen-bond acceptors (Lipinski definition) is 4. The zero-order valence-corrected chi connectivity index (χ0v) is 11.7. The molecule has 2 rings (SSSR count). The second kappa shape index (κ2) is 5.20. The number of nitrogens with two attached hydrogens (primary N) is 1. The molecular weight excluding hydrogens is 288 g/mol. The highest BCUT2D eigenvalue weighted by atomic mass is 35.5. The molecule has 0 saturated heterocycles. The molecule has 1 aromatic carbocycles. The molecule has 19 heavy (non-hydrogen) atoms. The Kier molecular flexibility index (Phi) is 3.79. The standard InChI is InChI=1S/C11H13ClN4O2S/c1-16(7-8-4-2-3-5-9(8)12)19(17,18)10-6-14-15-11(10)13/h2-6H,7H2,1H3,(H3,13,14,15). The van der Waals surface area contributed by atoms with Crippen LogP contribution in [-0.4, -0.2) is 30.0 Å². The molecule has 3 N–H and O–H groups in total. The van der Waals surface area contributed by atoms with Crippen molar-refractivity contribution in [1.29, 1.82) is 0 Å². The van der Waals surface area contributed by atoms with Crippen LogP contribution in [0.1, 0.15) is 5.56 Å². The first kappa shape index (κ1) is 13.9. The first-order valence-electron chi connectivity index (χ1n) is 5.41. The maximum absolute atomic E-state index is 12.3. The van der Waals surface area contributed by atoms with E-state index in [1.807, 2.05) is 0 Å². The Morgan fingerprint density at radius 2 is 2.11 bits per heavy atom. The molecule has 8 heteroatoms. The fourth-order valence-electron chi connectivity index (χ4n) is 1.61. The van der Waals surface area contributed by atoms with Crippen molar-refractivity contribution in [1.82, 2.24) is 14.5 Å². The summed E-state index contributed by atoms with van der Waals surface area (Å²) in [5, 5.41) is 6.53. The molecule has 1 heterocycles. The van der Waals surface area contributed by atoms with Crippen molar-refractivity contribution < 1.29 is 8.42 Å². The van der Waals surface area contributed by atoms with Crippen LogP contribution in [0.5, 0.6) is 0 Å². The number of rotatable bonds is 4. The van der Waals surface area contributed by atoms with E-state index in [4.69, 9.17) is 17.3 Å². The minimum atomic E-state index is -3.69. The number of anilines is 1. The molecule has 0 fully saturated rings. The highest BCUT2D eigenvalue weighted by Gasteiger charge is 2.25. The molecule has 0 unspecified atom stereocenters. The van der Waals surface area contributed by atoms with Crippen LogP contribution in [0.4, 0.5) is 5.82 Å². The van der Waals surface area contributed by atoms with E-state index in [-0.39, 0.29) is 17.3 Å². The van der Waals surface area contributed by atoms with Crippen LogP contribution in [-0.2, 0) is 16.6 Å². The molecule has 0 aliphatic heterocycles. The van der Waals surface area contributed by atoms with Gasteiger partial charge in [0.1, 0.15) is 10.7 Å². The fourth-order valence-corrected chi connectivity index (χ4v) is 2.96. The van der Waals surface area contributed by atoms with Gasteiger partial charge in [-0.2, -0.15) is 9.40 Å². The molecule has 6 nitrogen and oxygen atoms in total. The average molecular weight is 301 g/mol. The number of sulfonamides is 1. The highest BCUT2D eigenvalue weighted by Crippen LogP contribution is 2.22. The van der Waals surface area contributed by atoms with Gasteiger partial charge in [-0.3, -0.25) is 5.10 Å². The van der Waals surface area contributed by atoms with Crippen LogP contribution in [0, 0.1) is 0 Å². The molecule has 0 amide bonds. The molecule has 0 atom stereocenters. The van der Waals surface area contributed by atoms with E-state index in [9.17, 15) is 8.42 Å². The van der Waals surface area contributed by atoms with E-state index in [0.29, 0.717) is 5.02 Å². The van der Waals surface area contributed by atoms with E-state index >= 15 is 0 Å². The van der Waals surface area contributed by atoms with Gasteiger partial charge in [0.05, 0.1) is 6.20 Å². The van der Waals surface area contributed by atoms with Crippen molar-refractivity contribution in [3.63, 3.8) is 0 Å². The van der Waals surface area contributed by atoms with Crippen LogP contribution in [0.2, 0.25) is 5.02 Å². The first-order valence-corrected chi connectivity index (χ1v) is 7.23. The predicted molar refractivity (Wildman–Crippen MR) is 73.1 cm³/mol. The summed E-state index contributed by atoms with van der Waals surface area (Å²) in [6, 6.07) is 7.07. The average Bonchev–Trinajstić information content (AvgIpc) is 2.79. The number of nitrogens with zero attached hydrogens (tertiary/aromatic N) is 2. The van der Waals surface area contributed by atoms with E-state index in [1.54, 1.807) is 24.3 Å². The summed E-state index contributed by atoms with van der Waals surface area (Å²) in [4.78, 5) is -0.0398. The van der Waals surface area contributed by atoms with Gasteiger partial charge in [-0.05, 0) is 11.6 Å². The number of aromatic nitrogens is 2. The Morgan fingerprint density at radius 1 is 1.42 bits per heavy atom. The normalized spacial score (nSPS) is 11.9. The lowest BCUT2D eigenvalue weighted by Gasteiger charge is -2.17. The minimum Gasteiger partial charge on any atom is -0.383 e. The van der Waals surface area contributed by atoms with Gasteiger partial charge in [0.2, 0.25) is 10.0 Å². The number of hydrogen-bond donors (Lipinski definition) is 2. The third kappa shape index (κ3) is 2.73. The summed E-state index contributed by atoms with van der Waals surface area (Å²) < 4.78 is 25.7. The summed E-state index contributed by atoms with van der Waals surface area (Å²) in [5.41, 5.74) is 6.26. The lowest BCUT2D eigenvalue weighted by molar-refractivity contribution is 0.467. The summed E-state index contributed by atoms with van der Waals surface area (Å²) in [7, 11) is -2.22. The third-order valence-electron chi connectivity index (χ3n) is 2.67. The number of nitrogen functional groups attached to an aromatic ring is 1. The van der Waals surface area contributed by atoms with E-state index in [0.717, 1.165) is 5.56 Å². The van der Waals surface area contributed by atoms with Crippen LogP contribution < -0.4 is 5.73 Å². The molecule has 0 spiro atoms. The van der Waals surface area contributed by atoms with E-state index in [1.165, 1.54) is 17.5 Å². The van der Waals surface area contributed by atoms with Gasteiger partial charge in [0, 0.05) is 18.6 Å². The monoisotopic (exact) mass is 300 g/mol. The van der Waals surface area contributed by atoms with Gasteiger partial charge in [0.25, 0.3) is 0 Å². The van der Waals surface area contributed by atoms with Crippen LogP contribution >= 0.6 is 11.6 Å². The second-order valence-electron chi connectivity index (χ2n) is 4.00. The van der Waals surface area contributed by atoms with Gasteiger partial charge in [0.15, 0.2) is 0 Å². The molecule has 0 radical (unpaired) electrons. The first-order chi connectivity index (χ1) is 8.93. The third-order valence-corrected chi connectivity index (χ3v) is 4.87. The van der Waals surface area contributed by atoms with Crippen molar-refractivity contribution >= 4 is 27.4 Å². The largest absolute Gasteiger partial charge is 0.383 e. The number of H-pyrrole nitrogens is 1. The second-order valence-corrected chi connectivity index (χ2v) is 6.42. The number of aromatic amines is 1. The van der Waals surface area contributed by atoms with Gasteiger partial charge >= 0.3 is 0 Å². The quantitative estimate of drug-likeness (QED) is 0.894. The Balaban J connectivity index is 2.28. The molecular formula is C11H13ClN4O2S. The zero-order valence-electron chi connectivity index (χ0n) is 10.2. The van der Waals surface area contributed by atoms with Crippen molar-refractivity contribution in [2.75, 3.05) is 12.8 Å². The van der Waals surface area contributed by atoms with Crippen LogP contribution in [0.25, 0.3) is 0 Å². The Hall–Kier alpha value is -1.57. The summed E-state index contributed by atoms with van der Waals surface area (Å²) >= 11 is 6.01. The van der Waals surface area contributed by atoms with Gasteiger partial charge in [-0.25, -0.2) is 8.42 Å². The summed E-state index contributed by atoms with van der Waals surface area (Å²) in [5.74, 6) is 0.0195. The summed E-state index contributed by atoms with van der Waals surface area (Å²) in [6.45, 7) is 0.159. The molecule has 102 valence electrons. The molecule has 0 aliphatic carbocycles. The predicted octanol–water partition coefficient (Wildman–Crippen LogP) is 1.47. The highest BCUT2D eigenvalue weighted by molar-refractivity contribution is 7.89. The molecule has 0 saturated carbocycles. The van der Waals surface area contributed by atoms with Crippen LogP contribution in [0.3, 0.4) is 0 Å². The smallest absolute Gasteiger partial charge is 0.248 e. The zero-order chi connectivity index (χ0) is 14.0. The number of benzene rings is 1. The van der Waals surface area contributed by atoms with Crippen LogP contribution in [0.15, 0.2) is 35.4 Å². The summed E-state index contributed by atoms with van der Waals surface area (Å²) in [6.07, 6.45) is 1.19. The SMILES string of the molecule is CN(Cc1ccccc1Cl)S(=O)(=O)c1cn[nH]c1N.